The lowest BCUT2D eigenvalue weighted by Crippen LogP contribution is -2.37. The molecule has 7 heteroatoms. The first-order valence-corrected chi connectivity index (χ1v) is 7.28. The number of carbonyl (C=O) groups is 1. The molecule has 0 bridgehead atoms. The van der Waals surface area contributed by atoms with Gasteiger partial charge in [-0.1, -0.05) is 0 Å². The predicted molar refractivity (Wildman–Crippen MR) is 75.5 cm³/mol. The average Bonchev–Trinajstić information content (AvgIpc) is 2.46. The van der Waals surface area contributed by atoms with Crippen molar-refractivity contribution in [3.05, 3.63) is 23.4 Å². The predicted octanol–water partition coefficient (Wildman–Crippen LogP) is 3.19. The van der Waals surface area contributed by atoms with E-state index in [0.717, 1.165) is 12.3 Å². The maximum absolute atomic E-state index is 12.6. The maximum Gasteiger partial charge on any atom is 0.417 e. The Balaban J connectivity index is 2.04. The van der Waals surface area contributed by atoms with Crippen molar-refractivity contribution in [1.29, 1.82) is 0 Å². The highest BCUT2D eigenvalue weighted by atomic mass is 19.4. The van der Waals surface area contributed by atoms with Crippen molar-refractivity contribution in [3.63, 3.8) is 0 Å². The fraction of sp³-hybridized carbons (Fsp3) is 0.600. The van der Waals surface area contributed by atoms with E-state index in [9.17, 15) is 18.0 Å². The van der Waals surface area contributed by atoms with Crippen LogP contribution in [0.25, 0.3) is 0 Å². The second kappa shape index (κ2) is 6.54. The molecule has 22 heavy (non-hydrogen) atoms. The van der Waals surface area contributed by atoms with Crippen molar-refractivity contribution in [3.8, 4) is 0 Å². The number of hydrogen-bond acceptors (Lipinski definition) is 4. The van der Waals surface area contributed by atoms with Crippen LogP contribution in [0.3, 0.4) is 0 Å². The minimum atomic E-state index is -4.38. The third-order valence-corrected chi connectivity index (χ3v) is 3.79. The molecule has 0 N–H and O–H groups in total. The molecule has 0 radical (unpaired) electrons. The number of anilines is 1. The van der Waals surface area contributed by atoms with Gasteiger partial charge in [0.15, 0.2) is 0 Å². The van der Waals surface area contributed by atoms with Gasteiger partial charge in [-0.3, -0.25) is 4.79 Å². The Hall–Kier alpha value is -1.79. The lowest BCUT2D eigenvalue weighted by atomic mass is 9.96. The summed E-state index contributed by atoms with van der Waals surface area (Å²) < 4.78 is 42.9. The first kappa shape index (κ1) is 16.6. The average molecular weight is 316 g/mol. The molecule has 1 aliphatic rings. The number of rotatable bonds is 3. The van der Waals surface area contributed by atoms with E-state index in [0.29, 0.717) is 43.9 Å². The van der Waals surface area contributed by atoms with Crippen molar-refractivity contribution in [2.24, 2.45) is 5.92 Å². The first-order valence-electron chi connectivity index (χ1n) is 7.28. The second-order valence-electron chi connectivity index (χ2n) is 5.38. The number of esters is 1. The molecule has 1 saturated heterocycles. The van der Waals surface area contributed by atoms with E-state index in [1.54, 1.807) is 13.8 Å². The summed E-state index contributed by atoms with van der Waals surface area (Å²) in [7, 11) is 0. The van der Waals surface area contributed by atoms with E-state index in [4.69, 9.17) is 4.74 Å². The van der Waals surface area contributed by atoms with E-state index in [-0.39, 0.29) is 11.9 Å². The van der Waals surface area contributed by atoms with Gasteiger partial charge < -0.3 is 9.64 Å². The van der Waals surface area contributed by atoms with Gasteiger partial charge in [0, 0.05) is 19.3 Å². The molecule has 0 aliphatic carbocycles. The van der Waals surface area contributed by atoms with Gasteiger partial charge in [-0.2, -0.15) is 13.2 Å². The molecule has 0 amide bonds. The molecule has 4 nitrogen and oxygen atoms in total. The van der Waals surface area contributed by atoms with Crippen molar-refractivity contribution in [2.75, 3.05) is 24.6 Å². The van der Waals surface area contributed by atoms with E-state index < -0.39 is 11.7 Å². The summed E-state index contributed by atoms with van der Waals surface area (Å²) in [5.74, 6) is 0.223. The molecule has 1 aliphatic heterocycles. The Morgan fingerprint density at radius 3 is 2.55 bits per heavy atom. The topological polar surface area (TPSA) is 42.4 Å². The molecule has 122 valence electrons. The molecule has 1 aromatic rings. The van der Waals surface area contributed by atoms with Crippen LogP contribution < -0.4 is 4.90 Å². The zero-order chi connectivity index (χ0) is 16.3. The summed E-state index contributed by atoms with van der Waals surface area (Å²) in [6.07, 6.45) is -2.27. The first-order chi connectivity index (χ1) is 10.3. The van der Waals surface area contributed by atoms with E-state index >= 15 is 0 Å². The Labute approximate surface area is 127 Å². The van der Waals surface area contributed by atoms with Crippen LogP contribution in [0.5, 0.6) is 0 Å². The fourth-order valence-electron chi connectivity index (χ4n) is 2.64. The smallest absolute Gasteiger partial charge is 0.417 e. The Kier molecular flexibility index (Phi) is 4.93. The highest BCUT2D eigenvalue weighted by Gasteiger charge is 2.32. The summed E-state index contributed by atoms with van der Waals surface area (Å²) in [5, 5.41) is 0. The van der Waals surface area contributed by atoms with Gasteiger partial charge in [0.2, 0.25) is 0 Å². The third-order valence-electron chi connectivity index (χ3n) is 3.79. The van der Waals surface area contributed by atoms with Crippen LogP contribution in [-0.4, -0.2) is 30.6 Å². The number of aryl methyl sites for hydroxylation is 1. The Morgan fingerprint density at radius 2 is 2.05 bits per heavy atom. The number of piperidine rings is 1. The van der Waals surface area contributed by atoms with Gasteiger partial charge in [-0.25, -0.2) is 4.98 Å². The number of alkyl halides is 3. The fourth-order valence-corrected chi connectivity index (χ4v) is 2.64. The van der Waals surface area contributed by atoms with Crippen molar-refractivity contribution >= 4 is 11.8 Å². The molecule has 0 unspecified atom stereocenters. The molecule has 0 aromatic carbocycles. The molecular weight excluding hydrogens is 297 g/mol. The zero-order valence-corrected chi connectivity index (χ0v) is 12.6. The normalized spacial score (nSPS) is 16.7. The molecule has 1 fully saturated rings. The van der Waals surface area contributed by atoms with Crippen LogP contribution in [0.2, 0.25) is 0 Å². The number of halogens is 3. The van der Waals surface area contributed by atoms with E-state index in [1.807, 2.05) is 4.90 Å². The molecule has 0 saturated carbocycles. The lowest BCUT2D eigenvalue weighted by molar-refractivity contribution is -0.148. The van der Waals surface area contributed by atoms with Gasteiger partial charge in [0.1, 0.15) is 5.82 Å². The second-order valence-corrected chi connectivity index (χ2v) is 5.38. The molecule has 2 rings (SSSR count). The Morgan fingerprint density at radius 1 is 1.41 bits per heavy atom. The van der Waals surface area contributed by atoms with Gasteiger partial charge >= 0.3 is 12.1 Å². The molecular formula is C15H19F3N2O2. The highest BCUT2D eigenvalue weighted by Crippen LogP contribution is 2.32. The van der Waals surface area contributed by atoms with Crippen molar-refractivity contribution in [2.45, 2.75) is 32.9 Å². The van der Waals surface area contributed by atoms with Crippen molar-refractivity contribution < 1.29 is 22.7 Å². The monoisotopic (exact) mass is 316 g/mol. The van der Waals surface area contributed by atoms with Crippen LogP contribution in [0.1, 0.15) is 30.9 Å². The zero-order valence-electron chi connectivity index (χ0n) is 12.6. The number of nitrogens with zero attached hydrogens (tertiary/aromatic N) is 2. The minimum Gasteiger partial charge on any atom is -0.466 e. The summed E-state index contributed by atoms with van der Waals surface area (Å²) in [5.41, 5.74) is -0.250. The Bertz CT molecular complexity index is 538. The van der Waals surface area contributed by atoms with Gasteiger partial charge in [0.05, 0.1) is 18.1 Å². The largest absolute Gasteiger partial charge is 0.466 e. The molecule has 0 spiro atoms. The van der Waals surface area contributed by atoms with E-state index in [1.165, 1.54) is 0 Å². The quantitative estimate of drug-likeness (QED) is 0.803. The number of carbonyl (C=O) groups excluding carboxylic acids is 1. The van der Waals surface area contributed by atoms with Gasteiger partial charge in [0.25, 0.3) is 0 Å². The molecule has 0 atom stereocenters. The standard InChI is InChI=1S/C15H19F3N2O2/c1-3-22-14(21)11-4-6-20(7-5-11)13-10(2)8-12(9-19-13)15(16,17)18/h8-9,11H,3-7H2,1-2H3. The van der Waals surface area contributed by atoms with Crippen LogP contribution in [0.4, 0.5) is 19.0 Å². The highest BCUT2D eigenvalue weighted by molar-refractivity contribution is 5.72. The van der Waals surface area contributed by atoms with Crippen LogP contribution >= 0.6 is 0 Å². The summed E-state index contributed by atoms with van der Waals surface area (Å²) in [6, 6.07) is 1.11. The number of hydrogen-bond donors (Lipinski definition) is 0. The minimum absolute atomic E-state index is 0.133. The van der Waals surface area contributed by atoms with Crippen LogP contribution in [0, 0.1) is 12.8 Å². The summed E-state index contributed by atoms with van der Waals surface area (Å²) in [4.78, 5) is 17.6. The molecule has 1 aromatic heterocycles. The van der Waals surface area contributed by atoms with Gasteiger partial charge in [-0.15, -0.1) is 0 Å². The van der Waals surface area contributed by atoms with E-state index in [2.05, 4.69) is 4.98 Å². The summed E-state index contributed by atoms with van der Waals surface area (Å²) >= 11 is 0. The SMILES string of the molecule is CCOC(=O)C1CCN(c2ncc(C(F)(F)F)cc2C)CC1. The third kappa shape index (κ3) is 3.69. The van der Waals surface area contributed by atoms with Crippen molar-refractivity contribution in [1.82, 2.24) is 4.98 Å². The maximum atomic E-state index is 12.6. The van der Waals surface area contributed by atoms with Gasteiger partial charge in [-0.05, 0) is 38.3 Å². The van der Waals surface area contributed by atoms with Crippen LogP contribution in [0.15, 0.2) is 12.3 Å². The van der Waals surface area contributed by atoms with Crippen LogP contribution in [-0.2, 0) is 15.7 Å². The number of aromatic nitrogens is 1. The summed E-state index contributed by atoms with van der Waals surface area (Å²) in [6.45, 7) is 4.92. The number of ether oxygens (including phenoxy) is 1. The molecule has 2 heterocycles. The number of pyridine rings is 1. The lowest BCUT2D eigenvalue weighted by Gasteiger charge is -2.32.